The molecule has 4 fully saturated rings. The molecule has 0 radical (unpaired) electrons. The largest absolute Gasteiger partial charge is 0.384 e. The van der Waals surface area contributed by atoms with Crippen LogP contribution in [-0.2, 0) is 0 Å². The number of hydrogen-bond donors (Lipinski definition) is 3. The van der Waals surface area contributed by atoms with Gasteiger partial charge in [0.25, 0.3) is 5.56 Å². The number of anilines is 1. The molecule has 17 heavy (non-hydrogen) atoms. The van der Waals surface area contributed by atoms with E-state index in [1.165, 1.54) is 32.1 Å². The summed E-state index contributed by atoms with van der Waals surface area (Å²) in [4.78, 5) is 11.9. The number of aromatic nitrogens is 2. The van der Waals surface area contributed by atoms with Crippen LogP contribution in [0.25, 0.3) is 0 Å². The smallest absolute Gasteiger partial charge is 0.269 e. The Morgan fingerprint density at radius 3 is 2.00 bits per heavy atom. The average Bonchev–Trinajstić information content (AvgIpc) is 2.59. The van der Waals surface area contributed by atoms with E-state index in [-0.39, 0.29) is 5.56 Å². The summed E-state index contributed by atoms with van der Waals surface area (Å²) in [6, 6.07) is 0. The molecule has 0 aliphatic heterocycles. The van der Waals surface area contributed by atoms with Crippen molar-refractivity contribution in [3.63, 3.8) is 0 Å². The molecule has 4 nitrogen and oxygen atoms in total. The second-order valence-electron chi connectivity index (χ2n) is 6.36. The summed E-state index contributed by atoms with van der Waals surface area (Å²) in [6.45, 7) is 0. The van der Waals surface area contributed by atoms with Crippen molar-refractivity contribution in [3.8, 4) is 0 Å². The number of nitrogens with one attached hydrogen (secondary N) is 2. The molecule has 4 aliphatic rings. The Balaban J connectivity index is 1.78. The van der Waals surface area contributed by atoms with E-state index in [1.54, 1.807) is 0 Å². The molecule has 1 aromatic rings. The molecule has 4 aliphatic carbocycles. The first kappa shape index (κ1) is 9.80. The lowest BCUT2D eigenvalue weighted by atomic mass is 9.51. The van der Waals surface area contributed by atoms with Crippen LogP contribution in [0.15, 0.2) is 4.79 Å². The van der Waals surface area contributed by atoms with Crippen molar-refractivity contribution in [1.82, 2.24) is 10.2 Å². The fourth-order valence-electron chi connectivity index (χ4n) is 5.11. The van der Waals surface area contributed by atoms with Crippen molar-refractivity contribution < 1.29 is 0 Å². The van der Waals surface area contributed by atoms with E-state index in [9.17, 15) is 4.79 Å². The first-order valence-corrected chi connectivity index (χ1v) is 6.78. The highest BCUT2D eigenvalue weighted by Crippen LogP contribution is 2.59. The van der Waals surface area contributed by atoms with Crippen LogP contribution in [0.3, 0.4) is 0 Å². The molecule has 1 aromatic heterocycles. The molecule has 0 atom stereocenters. The highest BCUT2D eigenvalue weighted by molar-refractivity contribution is 5.41. The minimum absolute atomic E-state index is 0.0139. The maximum atomic E-state index is 11.9. The van der Waals surface area contributed by atoms with E-state index in [1.807, 2.05) is 0 Å². The standard InChI is InChI=1S/C13H19N3O/c14-12-11(13(17)16-15-12)10-8-2-6-1-7(4-8)5-9(10)3-6/h6-10H,1-5H2,(H4,14,15,16,17). The zero-order valence-corrected chi connectivity index (χ0v) is 9.91. The zero-order valence-electron chi connectivity index (χ0n) is 9.91. The van der Waals surface area contributed by atoms with Crippen LogP contribution in [0.1, 0.15) is 43.6 Å². The molecule has 0 unspecified atom stereocenters. The maximum absolute atomic E-state index is 11.9. The number of H-pyrrole nitrogens is 2. The van der Waals surface area contributed by atoms with Gasteiger partial charge in [0.1, 0.15) is 5.82 Å². The molecule has 0 saturated heterocycles. The van der Waals surface area contributed by atoms with Gasteiger partial charge < -0.3 is 5.73 Å². The van der Waals surface area contributed by atoms with Gasteiger partial charge in [0, 0.05) is 0 Å². The summed E-state index contributed by atoms with van der Waals surface area (Å²) in [7, 11) is 0. The molecule has 4 N–H and O–H groups in total. The average molecular weight is 233 g/mol. The predicted molar refractivity (Wildman–Crippen MR) is 65.6 cm³/mol. The third-order valence-electron chi connectivity index (χ3n) is 5.41. The van der Waals surface area contributed by atoms with Gasteiger partial charge in [-0.3, -0.25) is 15.0 Å². The summed E-state index contributed by atoms with van der Waals surface area (Å²) >= 11 is 0. The van der Waals surface area contributed by atoms with E-state index in [0.717, 1.165) is 17.4 Å². The highest BCUT2D eigenvalue weighted by atomic mass is 16.1. The van der Waals surface area contributed by atoms with Crippen molar-refractivity contribution in [1.29, 1.82) is 0 Å². The van der Waals surface area contributed by atoms with E-state index >= 15 is 0 Å². The Kier molecular flexibility index (Phi) is 1.83. The van der Waals surface area contributed by atoms with Gasteiger partial charge in [-0.1, -0.05) is 0 Å². The minimum atomic E-state index is 0.0139. The van der Waals surface area contributed by atoms with Gasteiger partial charge in [0.15, 0.2) is 0 Å². The number of nitrogen functional groups attached to an aromatic ring is 1. The van der Waals surface area contributed by atoms with Crippen LogP contribution >= 0.6 is 0 Å². The molecule has 4 bridgehead atoms. The number of rotatable bonds is 1. The highest BCUT2D eigenvalue weighted by Gasteiger charge is 2.49. The fraction of sp³-hybridized carbons (Fsp3) is 0.769. The molecular weight excluding hydrogens is 214 g/mol. The van der Waals surface area contributed by atoms with Gasteiger partial charge in [-0.15, -0.1) is 0 Å². The molecule has 0 amide bonds. The van der Waals surface area contributed by atoms with Crippen LogP contribution in [0.2, 0.25) is 0 Å². The number of nitrogens with two attached hydrogens (primary N) is 1. The van der Waals surface area contributed by atoms with E-state index in [4.69, 9.17) is 5.73 Å². The second-order valence-corrected chi connectivity index (χ2v) is 6.36. The molecule has 4 heteroatoms. The van der Waals surface area contributed by atoms with Crippen LogP contribution in [-0.4, -0.2) is 10.2 Å². The Hall–Kier alpha value is -1.19. The van der Waals surface area contributed by atoms with E-state index < -0.39 is 0 Å². The summed E-state index contributed by atoms with van der Waals surface area (Å²) in [6.07, 6.45) is 6.73. The molecule has 1 heterocycles. The Labute approximate surface area is 100.0 Å². The van der Waals surface area contributed by atoms with Gasteiger partial charge in [0.05, 0.1) is 5.56 Å². The summed E-state index contributed by atoms with van der Waals surface area (Å²) in [5.74, 6) is 4.31. The topological polar surface area (TPSA) is 74.7 Å². The lowest BCUT2D eigenvalue weighted by Crippen LogP contribution is -2.45. The van der Waals surface area contributed by atoms with Crippen LogP contribution in [0.5, 0.6) is 0 Å². The van der Waals surface area contributed by atoms with Crippen molar-refractivity contribution >= 4 is 5.82 Å². The first-order chi connectivity index (χ1) is 8.22. The number of aromatic amines is 2. The zero-order chi connectivity index (χ0) is 11.6. The predicted octanol–water partition coefficient (Wildman–Crippen LogP) is 1.82. The normalized spacial score (nSPS) is 43.2. The molecule has 92 valence electrons. The Bertz CT molecular complexity index is 473. The summed E-state index contributed by atoms with van der Waals surface area (Å²) < 4.78 is 0. The van der Waals surface area contributed by atoms with E-state index in [0.29, 0.717) is 23.6 Å². The van der Waals surface area contributed by atoms with Gasteiger partial charge in [0.2, 0.25) is 0 Å². The van der Waals surface area contributed by atoms with Crippen molar-refractivity contribution in [2.45, 2.75) is 38.0 Å². The summed E-state index contributed by atoms with van der Waals surface area (Å²) in [5.41, 5.74) is 6.81. The van der Waals surface area contributed by atoms with Crippen molar-refractivity contribution in [2.24, 2.45) is 23.7 Å². The van der Waals surface area contributed by atoms with Crippen molar-refractivity contribution in [3.05, 3.63) is 15.9 Å². The molecule has 4 saturated carbocycles. The van der Waals surface area contributed by atoms with E-state index in [2.05, 4.69) is 10.2 Å². The van der Waals surface area contributed by atoms with Crippen LogP contribution < -0.4 is 11.3 Å². The summed E-state index contributed by atoms with van der Waals surface area (Å²) in [5, 5.41) is 5.43. The molecular formula is C13H19N3O. The fourth-order valence-corrected chi connectivity index (χ4v) is 5.11. The SMILES string of the molecule is Nc1[nH][nH]c(=O)c1C1C2CC3CC(C2)CC1C3. The van der Waals surface area contributed by atoms with Crippen LogP contribution in [0, 0.1) is 23.7 Å². The molecule has 5 rings (SSSR count). The van der Waals surface area contributed by atoms with Gasteiger partial charge in [-0.2, -0.15) is 0 Å². The molecule has 0 aromatic carbocycles. The van der Waals surface area contributed by atoms with Crippen LogP contribution in [0.4, 0.5) is 5.82 Å². The minimum Gasteiger partial charge on any atom is -0.384 e. The Morgan fingerprint density at radius 2 is 1.53 bits per heavy atom. The second kappa shape index (κ2) is 3.18. The monoisotopic (exact) mass is 233 g/mol. The quantitative estimate of drug-likeness (QED) is 0.692. The number of hydrogen-bond acceptors (Lipinski definition) is 2. The Morgan fingerprint density at radius 1 is 0.941 bits per heavy atom. The lowest BCUT2D eigenvalue weighted by molar-refractivity contribution is -0.00285. The third kappa shape index (κ3) is 1.27. The van der Waals surface area contributed by atoms with Gasteiger partial charge in [-0.05, 0) is 61.7 Å². The first-order valence-electron chi connectivity index (χ1n) is 6.78. The maximum Gasteiger partial charge on any atom is 0.269 e. The third-order valence-corrected chi connectivity index (χ3v) is 5.41. The molecule has 0 spiro atoms. The van der Waals surface area contributed by atoms with Gasteiger partial charge >= 0.3 is 0 Å². The van der Waals surface area contributed by atoms with Gasteiger partial charge in [-0.25, -0.2) is 0 Å². The lowest BCUT2D eigenvalue weighted by Gasteiger charge is -2.54. The van der Waals surface area contributed by atoms with Crippen molar-refractivity contribution in [2.75, 3.05) is 5.73 Å².